The first-order valence-corrected chi connectivity index (χ1v) is 9.31. The van der Waals surface area contributed by atoms with E-state index in [0.717, 1.165) is 43.8 Å². The van der Waals surface area contributed by atoms with Gasteiger partial charge in [0.25, 0.3) is 0 Å². The van der Waals surface area contributed by atoms with Gasteiger partial charge in [-0.1, -0.05) is 0 Å². The Bertz CT molecular complexity index is 1000. The van der Waals surface area contributed by atoms with Crippen LogP contribution >= 0.6 is 0 Å². The zero-order valence-corrected chi connectivity index (χ0v) is 15.9. The van der Waals surface area contributed by atoms with Gasteiger partial charge in [0.05, 0.1) is 5.69 Å². The van der Waals surface area contributed by atoms with E-state index >= 15 is 0 Å². The van der Waals surface area contributed by atoms with Crippen LogP contribution in [0.1, 0.15) is 5.82 Å². The molecule has 2 aromatic carbocycles. The predicted octanol–water partition coefficient (Wildman–Crippen LogP) is 4.27. The fourth-order valence-corrected chi connectivity index (χ4v) is 3.35. The molecule has 8 heteroatoms. The van der Waals surface area contributed by atoms with Crippen molar-refractivity contribution in [2.24, 2.45) is 0 Å². The largest absolute Gasteiger partial charge is 0.368 e. The summed E-state index contributed by atoms with van der Waals surface area (Å²) in [5, 5.41) is 2.89. The van der Waals surface area contributed by atoms with Gasteiger partial charge in [-0.2, -0.15) is 0 Å². The fourth-order valence-electron chi connectivity index (χ4n) is 3.35. The molecule has 1 aliphatic heterocycles. The molecule has 1 aliphatic rings. The minimum Gasteiger partial charge on any atom is -0.368 e. The van der Waals surface area contributed by atoms with Crippen molar-refractivity contribution in [3.8, 4) is 0 Å². The van der Waals surface area contributed by atoms with E-state index in [-0.39, 0.29) is 11.5 Å². The zero-order valence-electron chi connectivity index (χ0n) is 15.9. The maximum atomic E-state index is 13.9. The summed E-state index contributed by atoms with van der Waals surface area (Å²) in [6, 6.07) is 11.6. The quantitative estimate of drug-likeness (QED) is 0.710. The van der Waals surface area contributed by atoms with Crippen molar-refractivity contribution in [2.75, 3.05) is 41.3 Å². The second-order valence-corrected chi connectivity index (χ2v) is 6.86. The Morgan fingerprint density at radius 1 is 0.793 bits per heavy atom. The van der Waals surface area contributed by atoms with Crippen LogP contribution in [0.2, 0.25) is 0 Å². The fraction of sp³-hybridized carbons (Fsp3) is 0.238. The first kappa shape index (κ1) is 19.0. The molecule has 0 aliphatic carbocycles. The van der Waals surface area contributed by atoms with Crippen LogP contribution in [0.4, 0.5) is 36.2 Å². The molecule has 0 spiro atoms. The number of aromatic nitrogens is 2. The molecule has 0 atom stereocenters. The van der Waals surface area contributed by atoms with E-state index in [1.807, 2.05) is 0 Å². The number of nitrogens with zero attached hydrogens (tertiary/aromatic N) is 4. The number of hydrogen-bond donors (Lipinski definition) is 1. The smallest absolute Gasteiger partial charge is 0.149 e. The monoisotopic (exact) mass is 399 g/mol. The van der Waals surface area contributed by atoms with Gasteiger partial charge >= 0.3 is 0 Å². The van der Waals surface area contributed by atoms with Gasteiger partial charge in [0.1, 0.15) is 34.9 Å². The normalized spacial score (nSPS) is 14.2. The van der Waals surface area contributed by atoms with E-state index in [4.69, 9.17) is 0 Å². The zero-order chi connectivity index (χ0) is 20.4. The summed E-state index contributed by atoms with van der Waals surface area (Å²) in [5.41, 5.74) is 1.13. The van der Waals surface area contributed by atoms with E-state index in [1.165, 1.54) is 24.3 Å². The van der Waals surface area contributed by atoms with Crippen molar-refractivity contribution in [2.45, 2.75) is 6.92 Å². The molecular formula is C21H20F3N5. The number of piperazine rings is 1. The minimum absolute atomic E-state index is 0.150. The van der Waals surface area contributed by atoms with Crippen molar-refractivity contribution in [1.29, 1.82) is 0 Å². The van der Waals surface area contributed by atoms with Gasteiger partial charge in [0, 0.05) is 44.0 Å². The van der Waals surface area contributed by atoms with Gasteiger partial charge < -0.3 is 15.1 Å². The van der Waals surface area contributed by atoms with Crippen LogP contribution in [0.25, 0.3) is 0 Å². The molecule has 5 nitrogen and oxygen atoms in total. The maximum absolute atomic E-state index is 13.9. The maximum Gasteiger partial charge on any atom is 0.149 e. The average Bonchev–Trinajstić information content (AvgIpc) is 2.70. The third-order valence-corrected chi connectivity index (χ3v) is 4.81. The number of halogens is 3. The molecule has 4 rings (SSSR count). The van der Waals surface area contributed by atoms with Crippen LogP contribution in [-0.2, 0) is 0 Å². The van der Waals surface area contributed by atoms with Crippen molar-refractivity contribution in [3.05, 3.63) is 71.8 Å². The molecular weight excluding hydrogens is 379 g/mol. The van der Waals surface area contributed by atoms with E-state index in [0.29, 0.717) is 11.6 Å². The van der Waals surface area contributed by atoms with Gasteiger partial charge in [0.2, 0.25) is 0 Å². The molecule has 150 valence electrons. The second-order valence-electron chi connectivity index (χ2n) is 6.86. The lowest BCUT2D eigenvalue weighted by atomic mass is 10.2. The highest BCUT2D eigenvalue weighted by Crippen LogP contribution is 2.24. The Morgan fingerprint density at radius 2 is 1.45 bits per heavy atom. The SMILES string of the molecule is Cc1nc(Nc2ccc(F)cc2F)cc(N2CCN(c3ccc(F)cc3)CC2)n1. The van der Waals surface area contributed by atoms with Gasteiger partial charge in [-0.25, -0.2) is 23.1 Å². The Morgan fingerprint density at radius 3 is 2.14 bits per heavy atom. The van der Waals surface area contributed by atoms with Crippen molar-refractivity contribution >= 4 is 23.0 Å². The summed E-state index contributed by atoms with van der Waals surface area (Å²) >= 11 is 0. The van der Waals surface area contributed by atoms with E-state index in [9.17, 15) is 13.2 Å². The van der Waals surface area contributed by atoms with E-state index in [2.05, 4.69) is 25.1 Å². The molecule has 1 saturated heterocycles. The lowest BCUT2D eigenvalue weighted by molar-refractivity contribution is 0.586. The Kier molecular flexibility index (Phi) is 5.24. The Hall–Kier alpha value is -3.29. The predicted molar refractivity (Wildman–Crippen MR) is 107 cm³/mol. The van der Waals surface area contributed by atoms with Crippen LogP contribution in [-0.4, -0.2) is 36.1 Å². The number of benzene rings is 2. The van der Waals surface area contributed by atoms with Crippen molar-refractivity contribution < 1.29 is 13.2 Å². The molecule has 0 bridgehead atoms. The van der Waals surface area contributed by atoms with Crippen LogP contribution in [0, 0.1) is 24.4 Å². The minimum atomic E-state index is -0.685. The molecule has 0 unspecified atom stereocenters. The molecule has 2 heterocycles. The number of anilines is 4. The summed E-state index contributed by atoms with van der Waals surface area (Å²) in [5.74, 6) is 0.164. The lowest BCUT2D eigenvalue weighted by Crippen LogP contribution is -2.46. The average molecular weight is 399 g/mol. The molecule has 0 radical (unpaired) electrons. The topological polar surface area (TPSA) is 44.3 Å². The van der Waals surface area contributed by atoms with Crippen LogP contribution in [0.5, 0.6) is 0 Å². The number of nitrogens with one attached hydrogen (secondary N) is 1. The Balaban J connectivity index is 1.47. The Labute approximate surface area is 166 Å². The summed E-state index contributed by atoms with van der Waals surface area (Å²) in [6.45, 7) is 4.77. The van der Waals surface area contributed by atoms with E-state index in [1.54, 1.807) is 25.1 Å². The molecule has 29 heavy (non-hydrogen) atoms. The molecule has 3 aromatic rings. The highest BCUT2D eigenvalue weighted by molar-refractivity contribution is 5.60. The van der Waals surface area contributed by atoms with Gasteiger partial charge in [-0.05, 0) is 43.3 Å². The van der Waals surface area contributed by atoms with Crippen molar-refractivity contribution in [1.82, 2.24) is 9.97 Å². The number of hydrogen-bond acceptors (Lipinski definition) is 5. The van der Waals surface area contributed by atoms with Crippen LogP contribution in [0.3, 0.4) is 0 Å². The van der Waals surface area contributed by atoms with Crippen LogP contribution < -0.4 is 15.1 Å². The molecule has 0 saturated carbocycles. The van der Waals surface area contributed by atoms with E-state index < -0.39 is 11.6 Å². The first-order chi connectivity index (χ1) is 14.0. The molecule has 1 N–H and O–H groups in total. The van der Waals surface area contributed by atoms with Crippen molar-refractivity contribution in [3.63, 3.8) is 0 Å². The lowest BCUT2D eigenvalue weighted by Gasteiger charge is -2.36. The summed E-state index contributed by atoms with van der Waals surface area (Å²) < 4.78 is 40.2. The highest BCUT2D eigenvalue weighted by Gasteiger charge is 2.19. The molecule has 1 fully saturated rings. The molecule has 0 amide bonds. The van der Waals surface area contributed by atoms with Gasteiger partial charge in [0.15, 0.2) is 0 Å². The standard InChI is InChI=1S/C21H20F3N5/c1-14-25-20(27-19-7-4-16(23)12-18(19)24)13-21(26-14)29-10-8-28(9-11-29)17-5-2-15(22)3-6-17/h2-7,12-13H,8-11H2,1H3,(H,25,26,27). The summed E-state index contributed by atoms with van der Waals surface area (Å²) in [4.78, 5) is 13.1. The number of aryl methyl sites for hydroxylation is 1. The second kappa shape index (κ2) is 7.98. The highest BCUT2D eigenvalue weighted by atomic mass is 19.1. The molecule has 1 aromatic heterocycles. The number of rotatable bonds is 4. The third-order valence-electron chi connectivity index (χ3n) is 4.81. The third kappa shape index (κ3) is 4.42. The van der Waals surface area contributed by atoms with Gasteiger partial charge in [-0.3, -0.25) is 0 Å². The summed E-state index contributed by atoms with van der Waals surface area (Å²) in [6.07, 6.45) is 0. The van der Waals surface area contributed by atoms with Gasteiger partial charge in [-0.15, -0.1) is 0 Å². The summed E-state index contributed by atoms with van der Waals surface area (Å²) in [7, 11) is 0. The first-order valence-electron chi connectivity index (χ1n) is 9.31. The van der Waals surface area contributed by atoms with Crippen LogP contribution in [0.15, 0.2) is 48.5 Å².